The van der Waals surface area contributed by atoms with Crippen LogP contribution in [0.5, 0.6) is 0 Å². The molecule has 0 aliphatic heterocycles. The third-order valence-electron chi connectivity index (χ3n) is 4.08. The summed E-state index contributed by atoms with van der Waals surface area (Å²) in [5.74, 6) is 1.70. The molecule has 0 spiro atoms. The van der Waals surface area contributed by atoms with Crippen molar-refractivity contribution in [3.8, 4) is 0 Å². The molecule has 2 unspecified atom stereocenters. The molecule has 3 N–H and O–H groups in total. The molecule has 0 amide bonds. The molecule has 0 aromatic carbocycles. The summed E-state index contributed by atoms with van der Waals surface area (Å²) < 4.78 is 0. The first-order valence-electron chi connectivity index (χ1n) is 6.07. The molecule has 0 heterocycles. The van der Waals surface area contributed by atoms with Crippen LogP contribution in [0.2, 0.25) is 0 Å². The van der Waals surface area contributed by atoms with Crippen molar-refractivity contribution in [1.29, 1.82) is 0 Å². The summed E-state index contributed by atoms with van der Waals surface area (Å²) in [5.41, 5.74) is -0.880. The zero-order chi connectivity index (χ0) is 11.8. The highest BCUT2D eigenvalue weighted by atomic mass is 16.3. The summed E-state index contributed by atoms with van der Waals surface area (Å²) in [4.78, 5) is 11.6. The molecular weight excluding hydrogens is 208 g/mol. The van der Waals surface area contributed by atoms with E-state index < -0.39 is 5.60 Å². The van der Waals surface area contributed by atoms with Gasteiger partial charge >= 0.3 is 0 Å². The second kappa shape index (κ2) is 4.43. The molecular formula is C12H20O4. The molecule has 0 radical (unpaired) electrons. The van der Waals surface area contributed by atoms with E-state index in [1.54, 1.807) is 0 Å². The first-order chi connectivity index (χ1) is 7.59. The summed E-state index contributed by atoms with van der Waals surface area (Å²) in [5, 5.41) is 25.3. The minimum absolute atomic E-state index is 0.125. The smallest absolute Gasteiger partial charge is 0.167 e. The summed E-state index contributed by atoms with van der Waals surface area (Å²) in [6.45, 7) is -0.250. The van der Waals surface area contributed by atoms with Crippen LogP contribution in [0, 0.1) is 17.8 Å². The Morgan fingerprint density at radius 3 is 1.94 bits per heavy atom. The number of aliphatic hydroxyl groups excluding tert-OH is 2. The van der Waals surface area contributed by atoms with E-state index in [9.17, 15) is 9.90 Å². The first kappa shape index (κ1) is 12.0. The van der Waals surface area contributed by atoms with Gasteiger partial charge in [0.05, 0.1) is 13.2 Å². The van der Waals surface area contributed by atoms with E-state index in [1.165, 1.54) is 6.42 Å². The normalized spacial score (nSPS) is 44.2. The third-order valence-corrected chi connectivity index (χ3v) is 4.08. The molecule has 4 nitrogen and oxygen atoms in total. The summed E-state index contributed by atoms with van der Waals surface area (Å²) in [6, 6.07) is 0. The van der Waals surface area contributed by atoms with Gasteiger partial charge in [0.15, 0.2) is 5.78 Å². The minimum Gasteiger partial charge on any atom is -0.394 e. The largest absolute Gasteiger partial charge is 0.394 e. The predicted octanol–water partition coefficient (Wildman–Crippen LogP) is 0.0975. The van der Waals surface area contributed by atoms with E-state index in [4.69, 9.17) is 10.2 Å². The van der Waals surface area contributed by atoms with E-state index in [2.05, 4.69) is 0 Å². The number of hydrogen-bond donors (Lipinski definition) is 3. The topological polar surface area (TPSA) is 77.8 Å². The van der Waals surface area contributed by atoms with Crippen molar-refractivity contribution in [2.24, 2.45) is 17.8 Å². The summed E-state index contributed by atoms with van der Waals surface area (Å²) in [7, 11) is 0. The van der Waals surface area contributed by atoms with E-state index in [0.717, 1.165) is 25.7 Å². The lowest BCUT2D eigenvalue weighted by molar-refractivity contribution is -0.168. The fourth-order valence-electron chi connectivity index (χ4n) is 3.73. The molecule has 0 saturated heterocycles. The van der Waals surface area contributed by atoms with Crippen LogP contribution >= 0.6 is 0 Å². The quantitative estimate of drug-likeness (QED) is 0.594. The van der Waals surface area contributed by atoms with Crippen molar-refractivity contribution in [2.75, 3.05) is 13.2 Å². The average molecular weight is 228 g/mol. The van der Waals surface area contributed by atoms with Gasteiger partial charge in [-0.25, -0.2) is 0 Å². The van der Waals surface area contributed by atoms with E-state index >= 15 is 0 Å². The lowest BCUT2D eigenvalue weighted by atomic mass is 9.54. The van der Waals surface area contributed by atoms with E-state index in [0.29, 0.717) is 11.8 Å². The average Bonchev–Trinajstić information content (AvgIpc) is 2.25. The number of carbonyl (C=O) groups is 1. The Hall–Kier alpha value is -0.450. The van der Waals surface area contributed by atoms with Crippen molar-refractivity contribution in [3.05, 3.63) is 0 Å². The van der Waals surface area contributed by atoms with Crippen molar-refractivity contribution >= 4 is 5.78 Å². The Balaban J connectivity index is 0.000000212. The van der Waals surface area contributed by atoms with Crippen LogP contribution in [-0.2, 0) is 4.79 Å². The highest BCUT2D eigenvalue weighted by Crippen LogP contribution is 2.53. The molecule has 0 aromatic heterocycles. The van der Waals surface area contributed by atoms with Crippen LogP contribution in [0.4, 0.5) is 0 Å². The second-order valence-electron chi connectivity index (χ2n) is 5.39. The maximum absolute atomic E-state index is 11.6. The zero-order valence-corrected chi connectivity index (χ0v) is 9.43. The van der Waals surface area contributed by atoms with Gasteiger partial charge in [0, 0.05) is 5.92 Å². The van der Waals surface area contributed by atoms with Crippen molar-refractivity contribution in [3.63, 3.8) is 0 Å². The van der Waals surface area contributed by atoms with Gasteiger partial charge in [-0.2, -0.15) is 0 Å². The standard InChI is InChI=1S/C10H14O2.C2H6O2/c11-9-8-2-6-1-7(3-8)5-10(9,12)4-6;3-1-2-4/h6-8,12H,1-5H2;3-4H,1-2H2. The Morgan fingerprint density at radius 1 is 1.06 bits per heavy atom. The van der Waals surface area contributed by atoms with E-state index in [1.807, 2.05) is 0 Å². The number of rotatable bonds is 1. The minimum atomic E-state index is -0.880. The Kier molecular flexibility index (Phi) is 3.33. The second-order valence-corrected chi connectivity index (χ2v) is 5.39. The van der Waals surface area contributed by atoms with Crippen molar-refractivity contribution in [1.82, 2.24) is 0 Å². The monoisotopic (exact) mass is 228 g/mol. The first-order valence-corrected chi connectivity index (χ1v) is 6.07. The Morgan fingerprint density at radius 2 is 1.56 bits per heavy atom. The molecule has 4 aliphatic rings. The fraction of sp³-hybridized carbons (Fsp3) is 0.917. The predicted molar refractivity (Wildman–Crippen MR) is 57.7 cm³/mol. The van der Waals surface area contributed by atoms with Crippen molar-refractivity contribution in [2.45, 2.75) is 37.7 Å². The summed E-state index contributed by atoms with van der Waals surface area (Å²) >= 11 is 0. The fourth-order valence-corrected chi connectivity index (χ4v) is 3.73. The molecule has 0 aromatic rings. The van der Waals surface area contributed by atoms with Gasteiger partial charge in [-0.1, -0.05) is 0 Å². The lowest BCUT2D eigenvalue weighted by Gasteiger charge is -2.52. The summed E-state index contributed by atoms with van der Waals surface area (Å²) in [6.07, 6.45) is 4.93. The number of Topliss-reactive ketones (excluding diaryl/α,β-unsaturated/α-hetero) is 1. The molecule has 2 atom stereocenters. The molecule has 4 saturated carbocycles. The number of ketones is 1. The highest BCUT2D eigenvalue weighted by Gasteiger charge is 2.55. The molecule has 16 heavy (non-hydrogen) atoms. The van der Waals surface area contributed by atoms with Crippen LogP contribution in [0.3, 0.4) is 0 Å². The van der Waals surface area contributed by atoms with Crippen LogP contribution < -0.4 is 0 Å². The van der Waals surface area contributed by atoms with Crippen molar-refractivity contribution < 1.29 is 20.1 Å². The molecule has 4 fully saturated rings. The zero-order valence-electron chi connectivity index (χ0n) is 9.43. The van der Waals surface area contributed by atoms with Crippen LogP contribution in [0.1, 0.15) is 32.1 Å². The van der Waals surface area contributed by atoms with Crippen LogP contribution in [-0.4, -0.2) is 39.9 Å². The lowest BCUT2D eigenvalue weighted by Crippen LogP contribution is -2.57. The van der Waals surface area contributed by atoms with Gasteiger partial charge in [-0.15, -0.1) is 0 Å². The van der Waals surface area contributed by atoms with Crippen LogP contribution in [0.15, 0.2) is 0 Å². The highest BCUT2D eigenvalue weighted by molar-refractivity contribution is 5.91. The molecule has 4 bridgehead atoms. The third kappa shape index (κ3) is 2.01. The van der Waals surface area contributed by atoms with Gasteiger partial charge in [0.2, 0.25) is 0 Å². The maximum Gasteiger partial charge on any atom is 0.167 e. The maximum atomic E-state index is 11.6. The Labute approximate surface area is 95.3 Å². The molecule has 4 aliphatic carbocycles. The number of aliphatic hydroxyl groups is 3. The van der Waals surface area contributed by atoms with Crippen LogP contribution in [0.25, 0.3) is 0 Å². The number of hydrogen-bond acceptors (Lipinski definition) is 4. The molecule has 4 heteroatoms. The van der Waals surface area contributed by atoms with Gasteiger partial charge < -0.3 is 15.3 Å². The number of carbonyl (C=O) groups excluding carboxylic acids is 1. The van der Waals surface area contributed by atoms with Gasteiger partial charge in [0.25, 0.3) is 0 Å². The van der Waals surface area contributed by atoms with E-state index in [-0.39, 0.29) is 24.9 Å². The van der Waals surface area contributed by atoms with Gasteiger partial charge in [-0.05, 0) is 43.9 Å². The SMILES string of the molecule is O=C1C2CC3CC(C2)CC1(O)C3.OCCO. The van der Waals surface area contributed by atoms with Gasteiger partial charge in [-0.3, -0.25) is 4.79 Å². The molecule has 92 valence electrons. The Bertz CT molecular complexity index is 260. The molecule has 4 rings (SSSR count). The van der Waals surface area contributed by atoms with Gasteiger partial charge in [0.1, 0.15) is 5.60 Å².